The van der Waals surface area contributed by atoms with Crippen LogP contribution in [0.4, 0.5) is 22.1 Å². The number of nitrogens with zero attached hydrogens (tertiary/aromatic N) is 5. The highest BCUT2D eigenvalue weighted by atomic mass is 16.7. The number of anilines is 3. The van der Waals surface area contributed by atoms with Crippen LogP contribution in [0.15, 0.2) is 47.6 Å². The lowest BCUT2D eigenvalue weighted by Crippen LogP contribution is -2.38. The number of nitrogens with two attached hydrogens (primary N) is 1. The average molecular weight is 565 g/mol. The Morgan fingerprint density at radius 1 is 1.17 bits per heavy atom. The molecule has 0 aliphatic heterocycles. The van der Waals surface area contributed by atoms with Gasteiger partial charge in [-0.2, -0.15) is 5.10 Å². The van der Waals surface area contributed by atoms with Crippen molar-refractivity contribution in [2.24, 2.45) is 5.73 Å². The molecule has 0 radical (unpaired) electrons. The van der Waals surface area contributed by atoms with Crippen molar-refractivity contribution in [3.8, 4) is 0 Å². The number of fused-ring (bicyclic) bond motifs is 1. The van der Waals surface area contributed by atoms with Crippen LogP contribution < -0.4 is 16.4 Å². The minimum atomic E-state index is -0.995. The molecule has 0 aliphatic rings. The van der Waals surface area contributed by atoms with E-state index >= 15 is 0 Å². The zero-order valence-corrected chi connectivity index (χ0v) is 22.7. The van der Waals surface area contributed by atoms with E-state index in [4.69, 9.17) is 19.7 Å². The van der Waals surface area contributed by atoms with Gasteiger partial charge in [0.2, 0.25) is 6.79 Å². The smallest absolute Gasteiger partial charge is 0.419 e. The summed E-state index contributed by atoms with van der Waals surface area (Å²) in [5, 5.41) is 13.7. The van der Waals surface area contributed by atoms with Gasteiger partial charge >= 0.3 is 12.1 Å². The first-order valence-electron chi connectivity index (χ1n) is 12.4. The van der Waals surface area contributed by atoms with Crippen molar-refractivity contribution in [1.29, 1.82) is 0 Å². The molecule has 0 fully saturated rings. The maximum atomic E-state index is 13.3. The third-order valence-corrected chi connectivity index (χ3v) is 6.03. The number of amides is 3. The molecular formula is C26H28N8O7. The Hall–Kier alpha value is -5.31. The fourth-order valence-electron chi connectivity index (χ4n) is 3.81. The molecule has 15 heteroatoms. The number of imide groups is 1. The van der Waals surface area contributed by atoms with Crippen molar-refractivity contribution in [1.82, 2.24) is 24.7 Å². The van der Waals surface area contributed by atoms with Crippen LogP contribution in [0.25, 0.3) is 5.52 Å². The van der Waals surface area contributed by atoms with Gasteiger partial charge < -0.3 is 30.4 Å². The molecule has 214 valence electrons. The minimum Gasteiger partial charge on any atom is -0.427 e. The molecule has 1 unspecified atom stereocenters. The van der Waals surface area contributed by atoms with Crippen LogP contribution >= 0.6 is 0 Å². The number of ether oxygens (including phenoxy) is 2. The number of aromatic nitrogens is 4. The number of nitrogens with one attached hydrogen (secondary N) is 2. The summed E-state index contributed by atoms with van der Waals surface area (Å²) >= 11 is 0. The molecule has 0 bridgehead atoms. The quantitative estimate of drug-likeness (QED) is 0.199. The highest BCUT2D eigenvalue weighted by Gasteiger charge is 2.27. The summed E-state index contributed by atoms with van der Waals surface area (Å²) in [6.45, 7) is 5.87. The number of esters is 1. The molecule has 1 atom stereocenters. The van der Waals surface area contributed by atoms with E-state index in [9.17, 15) is 19.2 Å². The fourth-order valence-corrected chi connectivity index (χ4v) is 3.81. The van der Waals surface area contributed by atoms with E-state index in [-0.39, 0.29) is 23.8 Å². The minimum absolute atomic E-state index is 0.0102. The molecule has 3 amide bonds. The number of carbonyl (C=O) groups is 4. The summed E-state index contributed by atoms with van der Waals surface area (Å²) in [7, 11) is 0. The summed E-state index contributed by atoms with van der Waals surface area (Å²) in [6, 6.07) is 5.73. The Balaban J connectivity index is 1.57. The van der Waals surface area contributed by atoms with Crippen LogP contribution in [0.1, 0.15) is 45.7 Å². The number of benzene rings is 1. The second-order valence-corrected chi connectivity index (χ2v) is 8.89. The molecule has 41 heavy (non-hydrogen) atoms. The van der Waals surface area contributed by atoms with Crippen LogP contribution in [0.5, 0.6) is 0 Å². The summed E-state index contributed by atoms with van der Waals surface area (Å²) in [4.78, 5) is 55.3. The largest absolute Gasteiger partial charge is 0.427 e. The lowest BCUT2D eigenvalue weighted by atomic mass is 10.1. The van der Waals surface area contributed by atoms with Crippen LogP contribution in [0, 0.1) is 13.8 Å². The van der Waals surface area contributed by atoms with Crippen LogP contribution in [-0.2, 0) is 14.3 Å². The zero-order chi connectivity index (χ0) is 29.7. The monoisotopic (exact) mass is 564 g/mol. The summed E-state index contributed by atoms with van der Waals surface area (Å²) in [5.74, 6) is -1.15. The maximum absolute atomic E-state index is 13.3. The van der Waals surface area contributed by atoms with Gasteiger partial charge in [0.1, 0.15) is 24.1 Å². The van der Waals surface area contributed by atoms with Crippen molar-refractivity contribution in [2.75, 3.05) is 24.0 Å². The SMILES string of the molecule is CCN(C(=O)OCOC(=O)C(C)N)C(=O)c1cn2ncnc(Nc3cc(C(=O)Nc4ccon4)ccc3C)c2c1C. The van der Waals surface area contributed by atoms with Crippen LogP contribution in [-0.4, -0.2) is 67.9 Å². The Kier molecular flexibility index (Phi) is 8.57. The van der Waals surface area contributed by atoms with Crippen LogP contribution in [0.3, 0.4) is 0 Å². The predicted molar refractivity (Wildman–Crippen MR) is 144 cm³/mol. The highest BCUT2D eigenvalue weighted by Crippen LogP contribution is 2.28. The zero-order valence-electron chi connectivity index (χ0n) is 22.7. The van der Waals surface area contributed by atoms with E-state index < -0.39 is 30.8 Å². The van der Waals surface area contributed by atoms with Crippen LogP contribution in [0.2, 0.25) is 0 Å². The third kappa shape index (κ3) is 6.30. The highest BCUT2D eigenvalue weighted by molar-refractivity contribution is 6.06. The first-order chi connectivity index (χ1) is 19.6. The van der Waals surface area contributed by atoms with E-state index in [1.165, 1.54) is 36.3 Å². The molecule has 0 aliphatic carbocycles. The molecule has 4 aromatic rings. The van der Waals surface area contributed by atoms with Gasteiger partial charge in [0.15, 0.2) is 11.6 Å². The summed E-state index contributed by atoms with van der Waals surface area (Å²) in [5.41, 5.74) is 8.33. The van der Waals surface area contributed by atoms with Crippen molar-refractivity contribution < 1.29 is 33.2 Å². The normalized spacial score (nSPS) is 11.5. The molecule has 0 saturated heterocycles. The molecule has 0 spiro atoms. The lowest BCUT2D eigenvalue weighted by molar-refractivity contribution is -0.153. The third-order valence-electron chi connectivity index (χ3n) is 6.03. The molecule has 0 saturated carbocycles. The van der Waals surface area contributed by atoms with Crippen molar-refractivity contribution in [3.05, 3.63) is 65.3 Å². The second kappa shape index (κ2) is 12.3. The molecule has 3 aromatic heterocycles. The Morgan fingerprint density at radius 2 is 1.95 bits per heavy atom. The molecular weight excluding hydrogens is 536 g/mol. The molecule has 3 heterocycles. The van der Waals surface area contributed by atoms with Gasteiger partial charge in [0.05, 0.1) is 5.56 Å². The van der Waals surface area contributed by atoms with E-state index in [1.54, 1.807) is 32.0 Å². The van der Waals surface area contributed by atoms with E-state index in [1.807, 2.05) is 6.92 Å². The summed E-state index contributed by atoms with van der Waals surface area (Å²) < 4.78 is 15.9. The average Bonchev–Trinajstić information content (AvgIpc) is 3.58. The molecule has 4 rings (SSSR count). The topological polar surface area (TPSA) is 196 Å². The van der Waals surface area contributed by atoms with Gasteiger partial charge in [-0.3, -0.25) is 14.4 Å². The van der Waals surface area contributed by atoms with Crippen molar-refractivity contribution in [3.63, 3.8) is 0 Å². The predicted octanol–water partition coefficient (Wildman–Crippen LogP) is 2.78. The van der Waals surface area contributed by atoms with Crippen molar-refractivity contribution >= 4 is 46.7 Å². The van der Waals surface area contributed by atoms with Gasteiger partial charge in [-0.1, -0.05) is 11.2 Å². The van der Waals surface area contributed by atoms with Gasteiger partial charge in [-0.25, -0.2) is 19.2 Å². The standard InChI is InChI=1S/C26H28N8O7/c1-5-33(26(38)40-13-39-25(37)16(4)27)24(36)18-11-34-21(15(18)3)22(28-12-29-34)30-19-10-17(7-6-14(19)2)23(35)31-20-8-9-41-32-20/h6-12,16H,5,13,27H2,1-4H3,(H,28,29,30)(H,31,32,35). The fraction of sp³-hybridized carbons (Fsp3) is 0.269. The molecule has 15 nitrogen and oxygen atoms in total. The molecule has 1 aromatic carbocycles. The maximum Gasteiger partial charge on any atom is 0.419 e. The number of carbonyl (C=O) groups excluding carboxylic acids is 4. The van der Waals surface area contributed by atoms with Gasteiger partial charge in [0.25, 0.3) is 11.8 Å². The van der Waals surface area contributed by atoms with Gasteiger partial charge in [0, 0.05) is 30.1 Å². The van der Waals surface area contributed by atoms with E-state index in [0.29, 0.717) is 28.1 Å². The number of hydrogen-bond acceptors (Lipinski definition) is 12. The lowest BCUT2D eigenvalue weighted by Gasteiger charge is -2.18. The van der Waals surface area contributed by atoms with Gasteiger partial charge in [-0.15, -0.1) is 0 Å². The van der Waals surface area contributed by atoms with E-state index in [2.05, 4.69) is 25.9 Å². The van der Waals surface area contributed by atoms with Crippen molar-refractivity contribution in [2.45, 2.75) is 33.7 Å². The van der Waals surface area contributed by atoms with E-state index in [0.717, 1.165) is 10.5 Å². The summed E-state index contributed by atoms with van der Waals surface area (Å²) in [6.07, 6.45) is 3.13. The Bertz CT molecular complexity index is 1600. The Labute approximate surface area is 233 Å². The number of rotatable bonds is 9. The number of aryl methyl sites for hydroxylation is 2. The number of hydrogen-bond donors (Lipinski definition) is 3. The Morgan fingerprint density at radius 3 is 2.63 bits per heavy atom. The second-order valence-electron chi connectivity index (χ2n) is 8.89. The van der Waals surface area contributed by atoms with Gasteiger partial charge in [-0.05, 0) is 51.0 Å². The first kappa shape index (κ1) is 28.7. The first-order valence-corrected chi connectivity index (χ1v) is 12.4. The molecule has 4 N–H and O–H groups in total.